The smallest absolute Gasteiger partial charge is 0.137 e. The molecule has 0 unspecified atom stereocenters. The Morgan fingerprint density at radius 1 is 0.393 bits per heavy atom. The maximum atomic E-state index is 9.29. The van der Waals surface area contributed by atoms with Gasteiger partial charge in [-0.15, -0.1) is 0 Å². The van der Waals surface area contributed by atoms with E-state index >= 15 is 0 Å². The van der Waals surface area contributed by atoms with Gasteiger partial charge in [-0.3, -0.25) is 0 Å². The summed E-state index contributed by atoms with van der Waals surface area (Å²) in [6.07, 6.45) is 0. The van der Waals surface area contributed by atoms with Gasteiger partial charge in [0.05, 0.1) is 30.2 Å². The van der Waals surface area contributed by atoms with Crippen LogP contribution in [0.2, 0.25) is 0 Å². The first-order valence-corrected chi connectivity index (χ1v) is 19.7. The predicted octanol–water partition coefficient (Wildman–Crippen LogP) is 16.3. The fourth-order valence-electron chi connectivity index (χ4n) is 8.54. The number of hydrogen-bond acceptors (Lipinski definition) is 2. The Hall–Kier alpha value is -8.14. The van der Waals surface area contributed by atoms with Crippen LogP contribution in [0.1, 0.15) is 19.2 Å². The van der Waals surface area contributed by atoms with E-state index in [-0.39, 0.29) is 51.8 Å². The average molecular weight is 793 g/mol. The highest BCUT2D eigenvalue weighted by atomic mass is 16.3. The van der Waals surface area contributed by atoms with Crippen LogP contribution >= 0.6 is 0 Å². The van der Waals surface area contributed by atoms with Gasteiger partial charge in [0.15, 0.2) is 0 Å². The third kappa shape index (κ3) is 5.90. The summed E-state index contributed by atoms with van der Waals surface area (Å²) in [5.74, 6) is 0. The Bertz CT molecular complexity index is 4350. The molecule has 12 rings (SSSR count). The number of benzene rings is 10. The van der Waals surface area contributed by atoms with Crippen molar-refractivity contribution in [3.8, 4) is 39.1 Å². The summed E-state index contributed by atoms with van der Waals surface area (Å²) >= 11 is 0. The van der Waals surface area contributed by atoms with Crippen molar-refractivity contribution in [2.75, 3.05) is 4.90 Å². The summed E-state index contributed by atoms with van der Waals surface area (Å²) in [5, 5.41) is 5.78. The molecule has 2 aromatic heterocycles. The maximum Gasteiger partial charge on any atom is 0.137 e. The highest BCUT2D eigenvalue weighted by molar-refractivity contribution is 6.23. The van der Waals surface area contributed by atoms with Crippen LogP contribution in [0.5, 0.6) is 0 Å². The van der Waals surface area contributed by atoms with E-state index in [0.29, 0.717) is 16.9 Å². The average Bonchev–Trinajstić information content (AvgIpc) is 3.98. The van der Waals surface area contributed by atoms with Crippen molar-refractivity contribution in [1.29, 1.82) is 0 Å². The van der Waals surface area contributed by atoms with Gasteiger partial charge >= 0.3 is 0 Å². The lowest BCUT2D eigenvalue weighted by atomic mass is 9.94. The molecule has 0 amide bonds. The van der Waals surface area contributed by atoms with Crippen LogP contribution in [-0.4, -0.2) is 4.57 Å². The molecule has 3 nitrogen and oxygen atoms in total. The summed E-state index contributed by atoms with van der Waals surface area (Å²) in [4.78, 5) is 1.58. The third-order valence-electron chi connectivity index (χ3n) is 11.2. The van der Waals surface area contributed by atoms with E-state index in [4.69, 9.17) is 20.9 Å². The van der Waals surface area contributed by atoms with E-state index in [0.717, 1.165) is 60.2 Å². The molecule has 286 valence electrons. The van der Waals surface area contributed by atoms with Crippen molar-refractivity contribution in [2.24, 2.45) is 0 Å². The van der Waals surface area contributed by atoms with E-state index < -0.39 is 66.5 Å². The largest absolute Gasteiger partial charge is 0.456 e. The first-order chi connectivity index (χ1) is 36.0. The van der Waals surface area contributed by atoms with Crippen LogP contribution in [0.3, 0.4) is 0 Å². The van der Waals surface area contributed by atoms with Crippen LogP contribution in [0.15, 0.2) is 235 Å². The normalized spacial score (nSPS) is 14.8. The van der Waals surface area contributed by atoms with Crippen molar-refractivity contribution in [3.05, 3.63) is 230 Å². The Morgan fingerprint density at radius 2 is 1.08 bits per heavy atom. The van der Waals surface area contributed by atoms with E-state index in [9.17, 15) is 2.74 Å². The molecule has 0 aliphatic heterocycles. The molecule has 0 aliphatic rings. The monoisotopic (exact) mass is 792 g/mol. The van der Waals surface area contributed by atoms with Crippen LogP contribution < -0.4 is 4.90 Å². The van der Waals surface area contributed by atoms with Gasteiger partial charge in [-0.05, 0) is 105 Å². The van der Waals surface area contributed by atoms with Gasteiger partial charge in [0.25, 0.3) is 0 Å². The van der Waals surface area contributed by atoms with E-state index in [1.165, 1.54) is 24.3 Å². The molecular formula is C58H38N2O. The van der Waals surface area contributed by atoms with Crippen molar-refractivity contribution in [3.63, 3.8) is 0 Å². The zero-order valence-corrected chi connectivity index (χ0v) is 32.2. The van der Waals surface area contributed by atoms with Crippen molar-refractivity contribution in [2.45, 2.75) is 0 Å². The molecule has 0 spiro atoms. The van der Waals surface area contributed by atoms with Gasteiger partial charge in [0.2, 0.25) is 0 Å². The molecule has 0 fully saturated rings. The second kappa shape index (κ2) is 14.3. The fourth-order valence-corrected chi connectivity index (χ4v) is 8.54. The summed E-state index contributed by atoms with van der Waals surface area (Å²) in [7, 11) is 0. The minimum Gasteiger partial charge on any atom is -0.456 e. The van der Waals surface area contributed by atoms with Crippen LogP contribution in [0.25, 0.3) is 93.6 Å². The number of furan rings is 1. The standard InChI is InChI=1S/C58H38N2O/c1-4-14-39(15-5-1)41-26-30-46(31-27-41)59(47-22-12-19-43(36-47)40-16-6-2-7-17-40)48-32-34-52-56(38-48)61-55-35-29-42-18-13-24-49(57(42)58(52)55)44-28-33-51-50-23-10-11-25-53(50)60(54(51)37-44)45-20-8-3-9-21-45/h1-38H/i1D,2D,4D,5D,6D,7D,12D,14D,15D,16D,17D,19D,26D,27D. The van der Waals surface area contributed by atoms with Gasteiger partial charge < -0.3 is 13.9 Å². The Labute approximate surface area is 373 Å². The van der Waals surface area contributed by atoms with Crippen molar-refractivity contribution in [1.82, 2.24) is 4.57 Å². The van der Waals surface area contributed by atoms with Crippen molar-refractivity contribution < 1.29 is 23.6 Å². The third-order valence-corrected chi connectivity index (χ3v) is 11.2. The molecule has 0 saturated carbocycles. The van der Waals surface area contributed by atoms with Crippen LogP contribution in [0.4, 0.5) is 17.1 Å². The first kappa shape index (κ1) is 23.5. The lowest BCUT2D eigenvalue weighted by molar-refractivity contribution is 0.669. The predicted molar refractivity (Wildman–Crippen MR) is 257 cm³/mol. The Morgan fingerprint density at radius 3 is 1.90 bits per heavy atom. The Balaban J connectivity index is 1.08. The van der Waals surface area contributed by atoms with Gasteiger partial charge in [-0.2, -0.15) is 0 Å². The van der Waals surface area contributed by atoms with Crippen LogP contribution in [0, 0.1) is 0 Å². The molecule has 2 heterocycles. The molecule has 10 aromatic carbocycles. The molecule has 3 heteroatoms. The van der Waals surface area contributed by atoms with E-state index in [1.54, 1.807) is 17.0 Å². The Kier molecular flexibility index (Phi) is 5.50. The van der Waals surface area contributed by atoms with E-state index in [1.807, 2.05) is 54.6 Å². The molecule has 0 aliphatic carbocycles. The molecule has 0 radical (unpaired) electrons. The summed E-state index contributed by atoms with van der Waals surface area (Å²) in [6.45, 7) is 0. The molecule has 0 saturated heterocycles. The maximum absolute atomic E-state index is 9.29. The van der Waals surface area contributed by atoms with Gasteiger partial charge in [0, 0.05) is 55.7 Å². The topological polar surface area (TPSA) is 21.3 Å². The summed E-state index contributed by atoms with van der Waals surface area (Å²) in [6, 6.07) is 38.6. The quantitative estimate of drug-likeness (QED) is 0.160. The molecule has 0 atom stereocenters. The molecule has 61 heavy (non-hydrogen) atoms. The second-order valence-electron chi connectivity index (χ2n) is 14.7. The second-order valence-corrected chi connectivity index (χ2v) is 14.7. The number of hydrogen-bond donors (Lipinski definition) is 0. The first-order valence-electron chi connectivity index (χ1n) is 26.7. The zero-order chi connectivity index (χ0) is 52.5. The molecule has 12 aromatic rings. The lowest BCUT2D eigenvalue weighted by Gasteiger charge is -2.26. The number of para-hydroxylation sites is 2. The number of nitrogens with zero attached hydrogens (tertiary/aromatic N) is 2. The molecule has 0 bridgehead atoms. The highest BCUT2D eigenvalue weighted by Gasteiger charge is 2.20. The SMILES string of the molecule is [2H]c1cc(N(c2cc([2H])c(-c3c([2H])c([2H])c([2H])c([2H])c3[2H])c([2H])c2)c2ccc3c(c2)oc2ccc4cccc(-c5ccc6c7ccccc7n(-c7ccccc7)c6c5)c4c23)cc(-c2c([2H])c([2H])c([2H])c([2H])c2[2H])c1[2H]. The zero-order valence-electron chi connectivity index (χ0n) is 46.2. The number of rotatable bonds is 7. The van der Waals surface area contributed by atoms with Gasteiger partial charge in [-0.1, -0.05) is 157 Å². The fraction of sp³-hybridized carbons (Fsp3) is 0. The molecular weight excluding hydrogens is 741 g/mol. The lowest BCUT2D eigenvalue weighted by Crippen LogP contribution is -2.10. The minimum atomic E-state index is -0.624. The number of anilines is 3. The number of fused-ring (bicyclic) bond motifs is 8. The highest BCUT2D eigenvalue weighted by Crippen LogP contribution is 2.44. The van der Waals surface area contributed by atoms with Gasteiger partial charge in [-0.25, -0.2) is 0 Å². The van der Waals surface area contributed by atoms with Crippen molar-refractivity contribution >= 4 is 71.6 Å². The van der Waals surface area contributed by atoms with E-state index in [2.05, 4.69) is 59.2 Å². The van der Waals surface area contributed by atoms with Gasteiger partial charge in [0.1, 0.15) is 11.2 Å². The van der Waals surface area contributed by atoms with Crippen LogP contribution in [-0.2, 0) is 0 Å². The minimum absolute atomic E-state index is 0.140. The summed E-state index contributed by atoms with van der Waals surface area (Å²) < 4.78 is 130. The molecule has 0 N–H and O–H groups in total. The summed E-state index contributed by atoms with van der Waals surface area (Å²) in [5.41, 5.74) is 5.87. The number of aromatic nitrogens is 1.